The van der Waals surface area contributed by atoms with E-state index in [1.165, 1.54) is 0 Å². The molecule has 0 spiro atoms. The monoisotopic (exact) mass is 462 g/mol. The minimum absolute atomic E-state index is 0.328. The second-order valence-corrected chi connectivity index (χ2v) is 8.29. The van der Waals surface area contributed by atoms with Crippen LogP contribution in [-0.4, -0.2) is 31.4 Å². The second-order valence-electron chi connectivity index (χ2n) is 7.28. The molecule has 1 amide bonds. The van der Waals surface area contributed by atoms with E-state index in [-0.39, 0.29) is 0 Å². The fraction of sp³-hybridized carbons (Fsp3) is 0.364. The standard InChI is InChI=1S/C22H26N2O7S/c1-3-22(4-2)18-15-17(12-13-20(18)23-21(25)30-22)29-14-8-11-19(24-31-32(26,27)28)16-9-6-5-7-10-16/h5-7,9-10,12-13,15H,3-4,8,11,14H2,1-2H3,(H,23,25)(H,26,27,28). The van der Waals surface area contributed by atoms with Crippen molar-refractivity contribution < 1.29 is 31.5 Å². The summed E-state index contributed by atoms with van der Waals surface area (Å²) in [6.45, 7) is 4.27. The molecule has 10 heteroatoms. The highest BCUT2D eigenvalue weighted by Gasteiger charge is 2.39. The molecule has 172 valence electrons. The molecule has 2 aromatic carbocycles. The number of amides is 1. The van der Waals surface area contributed by atoms with Crippen molar-refractivity contribution in [3.63, 3.8) is 0 Å². The van der Waals surface area contributed by atoms with Gasteiger partial charge >= 0.3 is 16.5 Å². The topological polar surface area (TPSA) is 124 Å². The van der Waals surface area contributed by atoms with Crippen molar-refractivity contribution in [1.29, 1.82) is 0 Å². The summed E-state index contributed by atoms with van der Waals surface area (Å²) in [6.07, 6.45) is 1.68. The van der Waals surface area contributed by atoms with Crippen molar-refractivity contribution >= 4 is 27.9 Å². The predicted molar refractivity (Wildman–Crippen MR) is 119 cm³/mol. The Bertz CT molecular complexity index is 1080. The third-order valence-corrected chi connectivity index (χ3v) is 5.59. The Balaban J connectivity index is 1.67. The number of hydrogen-bond donors (Lipinski definition) is 2. The van der Waals surface area contributed by atoms with Gasteiger partial charge in [-0.25, -0.2) is 9.08 Å². The number of nitrogens with zero attached hydrogens (tertiary/aromatic N) is 1. The molecule has 2 aromatic rings. The maximum Gasteiger partial charge on any atom is 0.466 e. The quantitative estimate of drug-likeness (QED) is 0.228. The molecule has 0 radical (unpaired) electrons. The predicted octanol–water partition coefficient (Wildman–Crippen LogP) is 4.65. The van der Waals surface area contributed by atoms with Crippen molar-refractivity contribution in [3.05, 3.63) is 59.7 Å². The highest BCUT2D eigenvalue weighted by atomic mass is 32.3. The number of cyclic esters (lactones) is 1. The number of anilines is 1. The van der Waals surface area contributed by atoms with Gasteiger partial charge in [0.15, 0.2) is 0 Å². The van der Waals surface area contributed by atoms with Gasteiger partial charge in [0, 0.05) is 5.56 Å². The van der Waals surface area contributed by atoms with E-state index in [0.717, 1.165) is 5.56 Å². The van der Waals surface area contributed by atoms with Gasteiger partial charge in [0.1, 0.15) is 11.4 Å². The summed E-state index contributed by atoms with van der Waals surface area (Å²) < 4.78 is 46.3. The molecular weight excluding hydrogens is 436 g/mol. The van der Waals surface area contributed by atoms with E-state index in [0.29, 0.717) is 55.0 Å². The zero-order chi connectivity index (χ0) is 23.2. The minimum Gasteiger partial charge on any atom is -0.494 e. The maximum atomic E-state index is 11.9. The molecule has 0 saturated carbocycles. The Morgan fingerprint density at radius 2 is 1.88 bits per heavy atom. The van der Waals surface area contributed by atoms with Crippen LogP contribution in [0.3, 0.4) is 0 Å². The molecule has 3 rings (SSSR count). The number of nitrogens with one attached hydrogen (secondary N) is 1. The number of carbonyl (C=O) groups excluding carboxylic acids is 1. The number of carbonyl (C=O) groups is 1. The van der Waals surface area contributed by atoms with E-state index in [4.69, 9.17) is 14.0 Å². The molecule has 0 atom stereocenters. The summed E-state index contributed by atoms with van der Waals surface area (Å²) in [6, 6.07) is 14.4. The summed E-state index contributed by atoms with van der Waals surface area (Å²) in [5.74, 6) is 0.627. The molecule has 1 aliphatic heterocycles. The minimum atomic E-state index is -4.69. The van der Waals surface area contributed by atoms with Crippen molar-refractivity contribution in [2.75, 3.05) is 11.9 Å². The molecular formula is C22H26N2O7S. The van der Waals surface area contributed by atoms with Gasteiger partial charge in [-0.3, -0.25) is 9.87 Å². The molecule has 0 saturated heterocycles. The average molecular weight is 463 g/mol. The number of fused-ring (bicyclic) bond motifs is 1. The van der Waals surface area contributed by atoms with E-state index in [9.17, 15) is 13.2 Å². The smallest absolute Gasteiger partial charge is 0.466 e. The van der Waals surface area contributed by atoms with Gasteiger partial charge in [-0.1, -0.05) is 49.3 Å². The van der Waals surface area contributed by atoms with Crippen LogP contribution in [0.15, 0.2) is 53.7 Å². The average Bonchev–Trinajstić information content (AvgIpc) is 2.78. The summed E-state index contributed by atoms with van der Waals surface area (Å²) in [5.41, 5.74) is 1.92. The van der Waals surface area contributed by atoms with Crippen LogP contribution in [0, 0.1) is 0 Å². The third-order valence-electron chi connectivity index (χ3n) is 5.32. The zero-order valence-corrected chi connectivity index (χ0v) is 18.7. The highest BCUT2D eigenvalue weighted by Crippen LogP contribution is 2.42. The van der Waals surface area contributed by atoms with Crippen LogP contribution in [0.4, 0.5) is 10.5 Å². The van der Waals surface area contributed by atoms with Crippen molar-refractivity contribution in [2.24, 2.45) is 5.16 Å². The number of hydrogen-bond acceptors (Lipinski definition) is 7. The maximum absolute atomic E-state index is 11.9. The lowest BCUT2D eigenvalue weighted by Crippen LogP contribution is -2.38. The van der Waals surface area contributed by atoms with E-state index in [2.05, 4.69) is 14.8 Å². The Kier molecular flexibility index (Phi) is 7.37. The Morgan fingerprint density at radius 3 is 2.53 bits per heavy atom. The van der Waals surface area contributed by atoms with Crippen molar-refractivity contribution in [1.82, 2.24) is 0 Å². The first-order chi connectivity index (χ1) is 15.3. The van der Waals surface area contributed by atoms with Crippen LogP contribution >= 0.6 is 0 Å². The van der Waals surface area contributed by atoms with Gasteiger partial charge in [-0.2, -0.15) is 8.42 Å². The van der Waals surface area contributed by atoms with Gasteiger partial charge in [0.25, 0.3) is 0 Å². The van der Waals surface area contributed by atoms with Gasteiger partial charge < -0.3 is 9.47 Å². The molecule has 1 heterocycles. The van der Waals surface area contributed by atoms with Crippen LogP contribution < -0.4 is 10.1 Å². The lowest BCUT2D eigenvalue weighted by molar-refractivity contribution is 0.00452. The summed E-state index contributed by atoms with van der Waals surface area (Å²) in [4.78, 5) is 11.9. The van der Waals surface area contributed by atoms with Crippen molar-refractivity contribution in [3.8, 4) is 5.75 Å². The van der Waals surface area contributed by atoms with Gasteiger partial charge in [0.05, 0.1) is 18.0 Å². The normalized spacial score (nSPS) is 15.3. The fourth-order valence-electron chi connectivity index (χ4n) is 3.64. The molecule has 0 aliphatic carbocycles. The molecule has 32 heavy (non-hydrogen) atoms. The molecule has 0 unspecified atom stereocenters. The largest absolute Gasteiger partial charge is 0.494 e. The zero-order valence-electron chi connectivity index (χ0n) is 17.9. The van der Waals surface area contributed by atoms with Crippen LogP contribution in [0.25, 0.3) is 0 Å². The third kappa shape index (κ3) is 5.77. The van der Waals surface area contributed by atoms with Crippen LogP contribution in [-0.2, 0) is 25.0 Å². The number of oxime groups is 1. The second kappa shape index (κ2) is 10.0. The van der Waals surface area contributed by atoms with E-state index in [1.807, 2.05) is 26.0 Å². The number of rotatable bonds is 10. The highest BCUT2D eigenvalue weighted by molar-refractivity contribution is 7.80. The van der Waals surface area contributed by atoms with Crippen molar-refractivity contribution in [2.45, 2.75) is 45.1 Å². The van der Waals surface area contributed by atoms with Crippen LogP contribution in [0.5, 0.6) is 5.75 Å². The van der Waals surface area contributed by atoms with Gasteiger partial charge in [-0.15, -0.1) is 0 Å². The number of ether oxygens (including phenoxy) is 2. The van der Waals surface area contributed by atoms with Crippen LogP contribution in [0.2, 0.25) is 0 Å². The Morgan fingerprint density at radius 1 is 1.16 bits per heavy atom. The van der Waals surface area contributed by atoms with Gasteiger partial charge in [0.2, 0.25) is 0 Å². The summed E-state index contributed by atoms with van der Waals surface area (Å²) in [7, 11) is -4.69. The molecule has 0 fully saturated rings. The Labute approximate surface area is 187 Å². The lowest BCUT2D eigenvalue weighted by atomic mass is 9.86. The first kappa shape index (κ1) is 23.6. The first-order valence-electron chi connectivity index (χ1n) is 10.3. The molecule has 0 bridgehead atoms. The van der Waals surface area contributed by atoms with E-state index in [1.54, 1.807) is 36.4 Å². The van der Waals surface area contributed by atoms with Crippen LogP contribution in [0.1, 0.15) is 50.7 Å². The molecule has 2 N–H and O–H groups in total. The van der Waals surface area contributed by atoms with E-state index >= 15 is 0 Å². The Hall–Kier alpha value is -3.11. The molecule has 0 aromatic heterocycles. The fourth-order valence-corrected chi connectivity index (χ4v) is 3.82. The van der Waals surface area contributed by atoms with Gasteiger partial charge in [-0.05, 0) is 49.4 Å². The molecule has 1 aliphatic rings. The summed E-state index contributed by atoms with van der Waals surface area (Å²) >= 11 is 0. The first-order valence-corrected chi connectivity index (χ1v) is 11.7. The molecule has 9 nitrogen and oxygen atoms in total. The number of benzene rings is 2. The van der Waals surface area contributed by atoms with E-state index < -0.39 is 22.1 Å². The summed E-state index contributed by atoms with van der Waals surface area (Å²) in [5, 5.41) is 6.30. The SMILES string of the molecule is CCC1(CC)OC(=O)Nc2ccc(OCCCC(=NOS(=O)(=O)O)c3ccccc3)cc21. The lowest BCUT2D eigenvalue weighted by Gasteiger charge is -2.37.